The maximum Gasteiger partial charge on any atom is 0.0848 e. The van der Waals surface area contributed by atoms with Gasteiger partial charge in [-0.1, -0.05) is 27.5 Å². The zero-order chi connectivity index (χ0) is 15.4. The van der Waals surface area contributed by atoms with E-state index < -0.39 is 0 Å². The van der Waals surface area contributed by atoms with Crippen LogP contribution in [0.3, 0.4) is 0 Å². The third kappa shape index (κ3) is 3.86. The molecule has 0 radical (unpaired) electrons. The Labute approximate surface area is 138 Å². The van der Waals surface area contributed by atoms with Crippen LogP contribution in [-0.2, 0) is 11.3 Å². The first-order chi connectivity index (χ1) is 10.0. The van der Waals surface area contributed by atoms with E-state index in [1.54, 1.807) is 7.11 Å². The topological polar surface area (TPSA) is 39.1 Å². The summed E-state index contributed by atoms with van der Waals surface area (Å²) in [5.74, 6) is 0. The summed E-state index contributed by atoms with van der Waals surface area (Å²) in [5, 5.41) is 8.61. The van der Waals surface area contributed by atoms with Crippen LogP contribution in [0.1, 0.15) is 17.0 Å². The largest absolute Gasteiger partial charge is 0.383 e. The van der Waals surface area contributed by atoms with Gasteiger partial charge in [-0.15, -0.1) is 0 Å². The minimum absolute atomic E-state index is 0.690. The minimum atomic E-state index is 0.690. The molecule has 2 rings (SSSR count). The molecule has 21 heavy (non-hydrogen) atoms. The van der Waals surface area contributed by atoms with Gasteiger partial charge in [0.2, 0.25) is 0 Å². The lowest BCUT2D eigenvalue weighted by atomic mass is 10.1. The van der Waals surface area contributed by atoms with Crippen molar-refractivity contribution in [1.82, 2.24) is 15.1 Å². The van der Waals surface area contributed by atoms with Crippen LogP contribution < -0.4 is 5.32 Å². The van der Waals surface area contributed by atoms with Gasteiger partial charge >= 0.3 is 0 Å². The maximum atomic E-state index is 6.25. The highest BCUT2D eigenvalue weighted by Crippen LogP contribution is 2.26. The Kier molecular flexibility index (Phi) is 5.81. The Morgan fingerprint density at radius 3 is 2.76 bits per heavy atom. The molecule has 0 saturated carbocycles. The number of nitrogens with one attached hydrogen (secondary N) is 1. The third-order valence-corrected chi connectivity index (χ3v) is 4.31. The smallest absolute Gasteiger partial charge is 0.0848 e. The fraction of sp³-hybridized carbons (Fsp3) is 0.400. The molecular weight excluding hydrogens is 354 g/mol. The number of rotatable bonds is 6. The molecule has 4 nitrogen and oxygen atoms in total. The second-order valence-corrected chi connectivity index (χ2v) is 6.13. The van der Waals surface area contributed by atoms with E-state index in [0.717, 1.165) is 45.2 Å². The number of ether oxygens (including phenoxy) is 1. The molecule has 0 aliphatic heterocycles. The highest BCUT2D eigenvalue weighted by molar-refractivity contribution is 9.10. The van der Waals surface area contributed by atoms with Crippen molar-refractivity contribution in [2.45, 2.75) is 20.4 Å². The summed E-state index contributed by atoms with van der Waals surface area (Å²) >= 11 is 9.77. The summed E-state index contributed by atoms with van der Waals surface area (Å²) in [4.78, 5) is 0. The van der Waals surface area contributed by atoms with Gasteiger partial charge in [0, 0.05) is 24.7 Å². The molecule has 0 aliphatic carbocycles. The van der Waals surface area contributed by atoms with E-state index in [1.807, 2.05) is 30.7 Å². The Morgan fingerprint density at radius 2 is 2.14 bits per heavy atom. The molecule has 0 fully saturated rings. The van der Waals surface area contributed by atoms with Crippen molar-refractivity contribution in [1.29, 1.82) is 0 Å². The normalized spacial score (nSPS) is 11.1. The zero-order valence-corrected chi connectivity index (χ0v) is 14.8. The van der Waals surface area contributed by atoms with Crippen molar-refractivity contribution in [2.24, 2.45) is 0 Å². The molecule has 0 bridgehead atoms. The number of aryl methyl sites for hydroxylation is 1. The molecule has 2 aromatic rings. The third-order valence-electron chi connectivity index (χ3n) is 3.27. The van der Waals surface area contributed by atoms with Crippen LogP contribution in [0.2, 0.25) is 5.02 Å². The number of methoxy groups -OCH3 is 1. The van der Waals surface area contributed by atoms with Gasteiger partial charge in [0.05, 0.1) is 28.7 Å². The molecule has 0 amide bonds. The molecule has 6 heteroatoms. The van der Waals surface area contributed by atoms with Gasteiger partial charge < -0.3 is 10.1 Å². The molecule has 114 valence electrons. The van der Waals surface area contributed by atoms with Gasteiger partial charge in [0.15, 0.2) is 0 Å². The van der Waals surface area contributed by atoms with Crippen molar-refractivity contribution in [3.8, 4) is 5.69 Å². The average Bonchev–Trinajstić information content (AvgIpc) is 2.71. The first-order valence-corrected chi connectivity index (χ1v) is 7.92. The first-order valence-electron chi connectivity index (χ1n) is 6.74. The fourth-order valence-electron chi connectivity index (χ4n) is 2.16. The van der Waals surface area contributed by atoms with E-state index in [4.69, 9.17) is 16.3 Å². The highest BCUT2D eigenvalue weighted by Gasteiger charge is 2.13. The lowest BCUT2D eigenvalue weighted by molar-refractivity contribution is 0.199. The number of benzene rings is 1. The number of halogens is 2. The molecule has 0 unspecified atom stereocenters. The second-order valence-electron chi connectivity index (χ2n) is 4.84. The highest BCUT2D eigenvalue weighted by atomic mass is 79.9. The summed E-state index contributed by atoms with van der Waals surface area (Å²) in [6.07, 6.45) is 0. The van der Waals surface area contributed by atoms with E-state index in [1.165, 1.54) is 0 Å². The molecule has 0 spiro atoms. The second kappa shape index (κ2) is 7.40. The van der Waals surface area contributed by atoms with Crippen molar-refractivity contribution < 1.29 is 4.74 Å². The lowest BCUT2D eigenvalue weighted by Gasteiger charge is -2.13. The SMILES string of the molecule is COCCNCc1cc(Br)ccc1-n1nc(C)c(Cl)c1C. The Hall–Kier alpha value is -0.880. The fourth-order valence-corrected chi connectivity index (χ4v) is 2.68. The van der Waals surface area contributed by atoms with Crippen molar-refractivity contribution >= 4 is 27.5 Å². The molecule has 1 aromatic carbocycles. The van der Waals surface area contributed by atoms with Crippen molar-refractivity contribution in [3.05, 3.63) is 44.6 Å². The molecule has 1 N–H and O–H groups in total. The summed E-state index contributed by atoms with van der Waals surface area (Å²) in [6.45, 7) is 6.14. The molecule has 1 heterocycles. The van der Waals surface area contributed by atoms with E-state index in [9.17, 15) is 0 Å². The first kappa shape index (κ1) is 16.5. The molecule has 0 saturated heterocycles. The van der Waals surface area contributed by atoms with Crippen LogP contribution in [0, 0.1) is 13.8 Å². The number of hydrogen-bond acceptors (Lipinski definition) is 3. The Morgan fingerprint density at radius 1 is 1.38 bits per heavy atom. The summed E-state index contributed by atoms with van der Waals surface area (Å²) in [7, 11) is 1.70. The van der Waals surface area contributed by atoms with Crippen LogP contribution in [-0.4, -0.2) is 30.0 Å². The van der Waals surface area contributed by atoms with E-state index in [0.29, 0.717) is 6.61 Å². The predicted molar refractivity (Wildman–Crippen MR) is 89.3 cm³/mol. The van der Waals surface area contributed by atoms with E-state index in [2.05, 4.69) is 32.4 Å². The van der Waals surface area contributed by atoms with Crippen molar-refractivity contribution in [2.75, 3.05) is 20.3 Å². The summed E-state index contributed by atoms with van der Waals surface area (Å²) in [5.41, 5.74) is 3.99. The van der Waals surface area contributed by atoms with Crippen LogP contribution in [0.25, 0.3) is 5.69 Å². The number of aromatic nitrogens is 2. The minimum Gasteiger partial charge on any atom is -0.383 e. The predicted octanol–water partition coefficient (Wildman–Crippen LogP) is 3.64. The van der Waals surface area contributed by atoms with E-state index >= 15 is 0 Å². The van der Waals surface area contributed by atoms with Gasteiger partial charge in [0.1, 0.15) is 0 Å². The lowest BCUT2D eigenvalue weighted by Crippen LogP contribution is -2.20. The Balaban J connectivity index is 2.32. The van der Waals surface area contributed by atoms with Crippen LogP contribution >= 0.6 is 27.5 Å². The maximum absolute atomic E-state index is 6.25. The molecule has 0 aliphatic rings. The van der Waals surface area contributed by atoms with Gasteiger partial charge in [-0.3, -0.25) is 0 Å². The van der Waals surface area contributed by atoms with E-state index in [-0.39, 0.29) is 0 Å². The quantitative estimate of drug-likeness (QED) is 0.787. The van der Waals surface area contributed by atoms with Crippen LogP contribution in [0.4, 0.5) is 0 Å². The Bertz CT molecular complexity index is 628. The number of nitrogens with zero attached hydrogens (tertiary/aromatic N) is 2. The van der Waals surface area contributed by atoms with Gasteiger partial charge in [-0.25, -0.2) is 4.68 Å². The zero-order valence-electron chi connectivity index (χ0n) is 12.4. The average molecular weight is 373 g/mol. The molecule has 1 aromatic heterocycles. The van der Waals surface area contributed by atoms with Gasteiger partial charge in [-0.2, -0.15) is 5.10 Å². The van der Waals surface area contributed by atoms with Crippen LogP contribution in [0.5, 0.6) is 0 Å². The molecule has 0 atom stereocenters. The van der Waals surface area contributed by atoms with Crippen LogP contribution in [0.15, 0.2) is 22.7 Å². The molecular formula is C15H19BrClN3O. The summed E-state index contributed by atoms with van der Waals surface area (Å²) in [6, 6.07) is 6.16. The van der Waals surface area contributed by atoms with Crippen molar-refractivity contribution in [3.63, 3.8) is 0 Å². The van der Waals surface area contributed by atoms with Gasteiger partial charge in [0.25, 0.3) is 0 Å². The monoisotopic (exact) mass is 371 g/mol. The standard InChI is InChI=1S/C15H19BrClN3O/c1-10-15(17)11(2)20(19-10)14-5-4-13(16)8-12(14)9-18-6-7-21-3/h4-5,8,18H,6-7,9H2,1-3H3. The number of hydrogen-bond donors (Lipinski definition) is 1. The summed E-state index contributed by atoms with van der Waals surface area (Å²) < 4.78 is 7.99. The van der Waals surface area contributed by atoms with Gasteiger partial charge in [-0.05, 0) is 37.6 Å².